The first kappa shape index (κ1) is 17.2. The quantitative estimate of drug-likeness (QED) is 0.538. The van der Waals surface area contributed by atoms with Crippen LogP contribution in [0.5, 0.6) is 5.75 Å². The molecule has 6 nitrogen and oxygen atoms in total. The van der Waals surface area contributed by atoms with Crippen LogP contribution in [0.15, 0.2) is 30.5 Å². The lowest BCUT2D eigenvalue weighted by atomic mass is 10.0. The van der Waals surface area contributed by atoms with E-state index in [1.807, 2.05) is 0 Å². The maximum Gasteiger partial charge on any atom is 0.418 e. The van der Waals surface area contributed by atoms with E-state index in [-0.39, 0.29) is 33.6 Å². The number of nitrogens with one attached hydrogen (secondary N) is 1. The van der Waals surface area contributed by atoms with Crippen molar-refractivity contribution < 1.29 is 26.7 Å². The van der Waals surface area contributed by atoms with Crippen molar-refractivity contribution in [2.75, 3.05) is 7.11 Å². The molecule has 0 saturated heterocycles. The van der Waals surface area contributed by atoms with Crippen molar-refractivity contribution in [2.24, 2.45) is 0 Å². The fourth-order valence-corrected chi connectivity index (χ4v) is 2.89. The van der Waals surface area contributed by atoms with Crippen LogP contribution < -0.4 is 4.74 Å². The minimum Gasteiger partial charge on any atom is -0.494 e. The zero-order chi connectivity index (χ0) is 19.3. The second kappa shape index (κ2) is 5.89. The molecule has 3 aromatic heterocycles. The second-order valence-electron chi connectivity index (χ2n) is 5.65. The van der Waals surface area contributed by atoms with Crippen LogP contribution in [0.3, 0.4) is 0 Å². The third-order valence-electron chi connectivity index (χ3n) is 4.02. The number of halogens is 5. The molecule has 140 valence electrons. The van der Waals surface area contributed by atoms with Gasteiger partial charge in [-0.3, -0.25) is 5.10 Å². The van der Waals surface area contributed by atoms with E-state index in [2.05, 4.69) is 20.3 Å². The third-order valence-corrected chi connectivity index (χ3v) is 4.02. The highest BCUT2D eigenvalue weighted by atomic mass is 19.4. The maximum atomic E-state index is 13.5. The SMILES string of the molecule is COc1ccc2nc(C(F)F)nn2c1-c1cc(C(F)(F)F)c2[nH]ncc2c1. The molecule has 4 rings (SSSR count). The van der Waals surface area contributed by atoms with Crippen LogP contribution in [-0.4, -0.2) is 31.9 Å². The first-order valence-electron chi connectivity index (χ1n) is 7.56. The van der Waals surface area contributed by atoms with Gasteiger partial charge < -0.3 is 4.74 Å². The Morgan fingerprint density at radius 1 is 1.19 bits per heavy atom. The first-order valence-corrected chi connectivity index (χ1v) is 7.56. The molecular formula is C16H10F5N5O. The summed E-state index contributed by atoms with van der Waals surface area (Å²) in [5.41, 5.74) is -0.917. The van der Waals surface area contributed by atoms with E-state index in [0.29, 0.717) is 0 Å². The largest absolute Gasteiger partial charge is 0.494 e. The summed E-state index contributed by atoms with van der Waals surface area (Å²) in [6.45, 7) is 0. The molecule has 0 spiro atoms. The Bertz CT molecular complexity index is 1150. The summed E-state index contributed by atoms with van der Waals surface area (Å²) in [7, 11) is 1.32. The number of alkyl halides is 5. The molecule has 27 heavy (non-hydrogen) atoms. The van der Waals surface area contributed by atoms with Crippen molar-refractivity contribution in [3.05, 3.63) is 41.9 Å². The van der Waals surface area contributed by atoms with Crippen LogP contribution in [0.2, 0.25) is 0 Å². The number of ether oxygens (including phenoxy) is 1. The van der Waals surface area contributed by atoms with Gasteiger partial charge in [-0.2, -0.15) is 18.3 Å². The topological polar surface area (TPSA) is 68.1 Å². The van der Waals surface area contributed by atoms with Gasteiger partial charge in [-0.1, -0.05) is 0 Å². The molecule has 0 bridgehead atoms. The molecule has 0 saturated carbocycles. The molecule has 1 N–H and O–H groups in total. The van der Waals surface area contributed by atoms with Gasteiger partial charge in [0.1, 0.15) is 11.4 Å². The first-order chi connectivity index (χ1) is 12.8. The van der Waals surface area contributed by atoms with Crippen LogP contribution in [-0.2, 0) is 6.18 Å². The minimum absolute atomic E-state index is 0.0574. The average Bonchev–Trinajstić information content (AvgIpc) is 3.25. The number of nitrogens with zero attached hydrogens (tertiary/aromatic N) is 4. The van der Waals surface area contributed by atoms with Gasteiger partial charge in [0.25, 0.3) is 6.43 Å². The Morgan fingerprint density at radius 3 is 2.63 bits per heavy atom. The number of rotatable bonds is 3. The Morgan fingerprint density at radius 2 is 1.96 bits per heavy atom. The van der Waals surface area contributed by atoms with E-state index in [0.717, 1.165) is 10.6 Å². The fourth-order valence-electron chi connectivity index (χ4n) is 2.89. The summed E-state index contributed by atoms with van der Waals surface area (Å²) in [4.78, 5) is 3.70. The molecule has 4 aromatic rings. The monoisotopic (exact) mass is 383 g/mol. The number of methoxy groups -OCH3 is 1. The van der Waals surface area contributed by atoms with Crippen molar-refractivity contribution in [2.45, 2.75) is 12.6 Å². The molecule has 0 atom stereocenters. The number of H-pyrrole nitrogens is 1. The molecule has 0 amide bonds. The number of fused-ring (bicyclic) bond motifs is 2. The highest BCUT2D eigenvalue weighted by Gasteiger charge is 2.34. The van der Waals surface area contributed by atoms with E-state index < -0.39 is 24.0 Å². The standard InChI is InChI=1S/C16H10F5N5O/c1-27-10-2-3-11-23-15(14(17)18)25-26(11)13(10)7-4-8-6-22-24-12(8)9(5-7)16(19,20)21/h2-6,14H,1H3,(H,22,24). The number of hydrogen-bond acceptors (Lipinski definition) is 4. The predicted molar refractivity (Wildman–Crippen MR) is 84.6 cm³/mol. The molecule has 11 heteroatoms. The van der Waals surface area contributed by atoms with Gasteiger partial charge in [0.05, 0.1) is 24.4 Å². The average molecular weight is 383 g/mol. The summed E-state index contributed by atoms with van der Waals surface area (Å²) in [5, 5.41) is 9.90. The molecule has 0 fully saturated rings. The molecule has 0 aliphatic heterocycles. The summed E-state index contributed by atoms with van der Waals surface area (Å²) >= 11 is 0. The molecule has 1 aromatic carbocycles. The molecule has 0 aliphatic carbocycles. The normalized spacial score (nSPS) is 12.4. The smallest absolute Gasteiger partial charge is 0.418 e. The van der Waals surface area contributed by atoms with Gasteiger partial charge in [-0.25, -0.2) is 18.3 Å². The van der Waals surface area contributed by atoms with Gasteiger partial charge in [-0.05, 0) is 24.3 Å². The Balaban J connectivity index is 2.07. The van der Waals surface area contributed by atoms with Gasteiger partial charge in [0.15, 0.2) is 5.65 Å². The number of aromatic nitrogens is 5. The van der Waals surface area contributed by atoms with Gasteiger partial charge in [-0.15, -0.1) is 5.10 Å². The lowest BCUT2D eigenvalue weighted by molar-refractivity contribution is -0.136. The molecule has 0 aliphatic rings. The lowest BCUT2D eigenvalue weighted by Gasteiger charge is -2.13. The lowest BCUT2D eigenvalue weighted by Crippen LogP contribution is -2.07. The fraction of sp³-hybridized carbons (Fsp3) is 0.188. The number of pyridine rings is 1. The van der Waals surface area contributed by atoms with Crippen LogP contribution in [0.4, 0.5) is 22.0 Å². The van der Waals surface area contributed by atoms with Crippen molar-refractivity contribution in [3.8, 4) is 17.0 Å². The Labute approximate surface area is 147 Å². The molecule has 0 radical (unpaired) electrons. The van der Waals surface area contributed by atoms with E-state index in [9.17, 15) is 22.0 Å². The van der Waals surface area contributed by atoms with Crippen molar-refractivity contribution in [1.82, 2.24) is 24.8 Å². The van der Waals surface area contributed by atoms with Gasteiger partial charge in [0.2, 0.25) is 5.82 Å². The molecule has 0 unspecified atom stereocenters. The van der Waals surface area contributed by atoms with Crippen LogP contribution >= 0.6 is 0 Å². The van der Waals surface area contributed by atoms with Gasteiger partial charge >= 0.3 is 6.18 Å². The van der Waals surface area contributed by atoms with Crippen LogP contribution in [0.25, 0.3) is 27.8 Å². The number of aromatic amines is 1. The predicted octanol–water partition coefficient (Wildman–Crippen LogP) is 4.24. The highest BCUT2D eigenvalue weighted by Crippen LogP contribution is 2.39. The minimum atomic E-state index is -4.65. The van der Waals surface area contributed by atoms with E-state index >= 15 is 0 Å². The van der Waals surface area contributed by atoms with Crippen LogP contribution in [0.1, 0.15) is 17.8 Å². The third kappa shape index (κ3) is 2.75. The van der Waals surface area contributed by atoms with E-state index in [1.165, 1.54) is 31.5 Å². The maximum absolute atomic E-state index is 13.5. The second-order valence-corrected chi connectivity index (χ2v) is 5.65. The Kier molecular flexibility index (Phi) is 3.75. The van der Waals surface area contributed by atoms with Crippen molar-refractivity contribution >= 4 is 16.6 Å². The zero-order valence-corrected chi connectivity index (χ0v) is 13.6. The van der Waals surface area contributed by atoms with Gasteiger partial charge in [0, 0.05) is 10.9 Å². The summed E-state index contributed by atoms with van der Waals surface area (Å²) in [6.07, 6.45) is -6.34. The summed E-state index contributed by atoms with van der Waals surface area (Å²) < 4.78 is 72.7. The summed E-state index contributed by atoms with van der Waals surface area (Å²) in [6, 6.07) is 5.15. The Hall–Kier alpha value is -3.24. The van der Waals surface area contributed by atoms with Crippen molar-refractivity contribution in [3.63, 3.8) is 0 Å². The number of benzene rings is 1. The van der Waals surface area contributed by atoms with Crippen molar-refractivity contribution in [1.29, 1.82) is 0 Å². The molecular weight excluding hydrogens is 373 g/mol. The summed E-state index contributed by atoms with van der Waals surface area (Å²) in [5.74, 6) is -0.575. The van der Waals surface area contributed by atoms with E-state index in [1.54, 1.807) is 0 Å². The zero-order valence-electron chi connectivity index (χ0n) is 13.6. The van der Waals surface area contributed by atoms with E-state index in [4.69, 9.17) is 4.74 Å². The molecule has 3 heterocycles. The highest BCUT2D eigenvalue weighted by molar-refractivity contribution is 5.88. The number of hydrogen-bond donors (Lipinski definition) is 1. The van der Waals surface area contributed by atoms with Crippen LogP contribution in [0, 0.1) is 0 Å².